The minimum Gasteiger partial charge on any atom is -0.368 e. The lowest BCUT2D eigenvalue weighted by Gasteiger charge is -2.23. The summed E-state index contributed by atoms with van der Waals surface area (Å²) in [7, 11) is 0. The molecule has 1 heterocycles. The molecule has 0 aromatic rings. The average molecular weight is 193 g/mol. The second-order valence-corrected chi connectivity index (χ2v) is 4.79. The summed E-state index contributed by atoms with van der Waals surface area (Å²) in [5, 5.41) is 0. The fraction of sp³-hybridized carbons (Fsp3) is 0.700. The van der Waals surface area contributed by atoms with Gasteiger partial charge >= 0.3 is 0 Å². The largest absolute Gasteiger partial charge is 0.368 e. The second-order valence-electron chi connectivity index (χ2n) is 4.79. The van der Waals surface area contributed by atoms with Gasteiger partial charge in [-0.2, -0.15) is 0 Å². The lowest BCUT2D eigenvalue weighted by atomic mass is 9.83. The summed E-state index contributed by atoms with van der Waals surface area (Å²) in [5.74, 6) is -0.269. The van der Waals surface area contributed by atoms with Gasteiger partial charge in [0, 0.05) is 5.70 Å². The molecule has 0 radical (unpaired) electrons. The number of amides is 1. The van der Waals surface area contributed by atoms with Gasteiger partial charge < -0.3 is 11.2 Å². The Morgan fingerprint density at radius 1 is 1.43 bits per heavy atom. The van der Waals surface area contributed by atoms with Crippen LogP contribution in [0.15, 0.2) is 11.3 Å². The van der Waals surface area contributed by atoms with Gasteiger partial charge in [-0.1, -0.05) is 0 Å². The van der Waals surface area contributed by atoms with Crippen LogP contribution >= 0.6 is 0 Å². The lowest BCUT2D eigenvalue weighted by molar-refractivity contribution is -0.119. The van der Waals surface area contributed by atoms with Crippen molar-refractivity contribution in [2.75, 3.05) is 0 Å². The van der Waals surface area contributed by atoms with Gasteiger partial charge in [-0.15, -0.1) is 0 Å². The molecule has 2 aliphatic carbocycles. The van der Waals surface area contributed by atoms with Crippen LogP contribution in [0.25, 0.3) is 0 Å². The van der Waals surface area contributed by atoms with E-state index < -0.39 is 0 Å². The van der Waals surface area contributed by atoms with Crippen LogP contribution in [0.3, 0.4) is 0 Å². The monoisotopic (exact) mass is 193 g/mol. The number of allylic oxidation sites excluding steroid dienone is 1. The third-order valence-corrected chi connectivity index (χ3v) is 3.82. The summed E-state index contributed by atoms with van der Waals surface area (Å²) in [6, 6.07) is -0.263. The third-order valence-electron chi connectivity index (χ3n) is 3.82. The van der Waals surface area contributed by atoms with Gasteiger partial charge in [0.2, 0.25) is 5.91 Å². The number of hydrogen-bond acceptors (Lipinski definition) is 3. The summed E-state index contributed by atoms with van der Waals surface area (Å²) in [6.07, 6.45) is 6.08. The molecule has 1 fully saturated rings. The highest BCUT2D eigenvalue weighted by Crippen LogP contribution is 2.57. The van der Waals surface area contributed by atoms with E-state index in [-0.39, 0.29) is 11.9 Å². The van der Waals surface area contributed by atoms with E-state index >= 15 is 0 Å². The van der Waals surface area contributed by atoms with Crippen molar-refractivity contribution in [3.63, 3.8) is 0 Å². The smallest absolute Gasteiger partial charge is 0.240 e. The molecule has 14 heavy (non-hydrogen) atoms. The van der Waals surface area contributed by atoms with E-state index in [0.717, 1.165) is 12.8 Å². The van der Waals surface area contributed by atoms with Gasteiger partial charge in [0.05, 0.1) is 0 Å². The van der Waals surface area contributed by atoms with Crippen molar-refractivity contribution < 1.29 is 4.79 Å². The highest BCUT2D eigenvalue weighted by molar-refractivity contribution is 5.84. The van der Waals surface area contributed by atoms with Crippen molar-refractivity contribution >= 4 is 5.91 Å². The maximum atomic E-state index is 11.1. The number of carbonyl (C=O) groups is 1. The maximum Gasteiger partial charge on any atom is 0.240 e. The Morgan fingerprint density at radius 3 is 2.86 bits per heavy atom. The first-order chi connectivity index (χ1) is 6.70. The topological polar surface area (TPSA) is 67.2 Å². The normalized spacial score (nSPS) is 32.7. The molecular formula is C10H15N3O. The zero-order valence-corrected chi connectivity index (χ0v) is 8.10. The molecule has 1 unspecified atom stereocenters. The molecule has 0 saturated heterocycles. The minimum absolute atomic E-state index is 0.263. The van der Waals surface area contributed by atoms with Crippen LogP contribution in [0.4, 0.5) is 0 Å². The molecule has 0 aromatic carbocycles. The molecule has 3 rings (SSSR count). The van der Waals surface area contributed by atoms with Gasteiger partial charge in [-0.05, 0) is 43.1 Å². The van der Waals surface area contributed by atoms with Crippen LogP contribution in [0.5, 0.6) is 0 Å². The fourth-order valence-electron chi connectivity index (χ4n) is 2.66. The van der Waals surface area contributed by atoms with Gasteiger partial charge in [0.25, 0.3) is 0 Å². The highest BCUT2D eigenvalue weighted by atomic mass is 16.1. The summed E-state index contributed by atoms with van der Waals surface area (Å²) in [5.41, 5.74) is 14.4. The van der Waals surface area contributed by atoms with E-state index in [1.54, 1.807) is 0 Å². The second kappa shape index (κ2) is 2.51. The standard InChI is InChI=1S/C10H15N3O/c11-9(14)8-6-1-2-10(3-4-10)5-7(6)12-13-8/h8,12-13H,1-5H2,(H2,11,14). The average Bonchev–Trinajstić information content (AvgIpc) is 2.77. The van der Waals surface area contributed by atoms with Gasteiger partial charge in [-0.3, -0.25) is 4.79 Å². The highest BCUT2D eigenvalue weighted by Gasteiger charge is 2.47. The van der Waals surface area contributed by atoms with Gasteiger partial charge in [0.1, 0.15) is 6.04 Å². The molecule has 1 amide bonds. The summed E-state index contributed by atoms with van der Waals surface area (Å²) in [6.45, 7) is 0. The number of nitrogens with one attached hydrogen (secondary N) is 2. The van der Waals surface area contributed by atoms with Crippen molar-refractivity contribution in [1.29, 1.82) is 0 Å². The van der Waals surface area contributed by atoms with Gasteiger partial charge in [-0.25, -0.2) is 5.43 Å². The van der Waals surface area contributed by atoms with Crippen LogP contribution in [-0.4, -0.2) is 11.9 Å². The Labute approximate surface area is 82.9 Å². The van der Waals surface area contributed by atoms with E-state index in [1.165, 1.54) is 30.5 Å². The van der Waals surface area contributed by atoms with E-state index in [2.05, 4.69) is 10.9 Å². The summed E-state index contributed by atoms with van der Waals surface area (Å²) >= 11 is 0. The number of rotatable bonds is 1. The van der Waals surface area contributed by atoms with Crippen LogP contribution in [0.2, 0.25) is 0 Å². The number of primary amides is 1. The zero-order chi connectivity index (χ0) is 9.76. The number of carbonyl (C=O) groups excluding carboxylic acids is 1. The zero-order valence-electron chi connectivity index (χ0n) is 8.10. The van der Waals surface area contributed by atoms with Crippen molar-refractivity contribution in [3.05, 3.63) is 11.3 Å². The molecule has 1 saturated carbocycles. The Morgan fingerprint density at radius 2 is 2.21 bits per heavy atom. The van der Waals surface area contributed by atoms with Crippen molar-refractivity contribution in [3.8, 4) is 0 Å². The molecular weight excluding hydrogens is 178 g/mol. The van der Waals surface area contributed by atoms with Crippen LogP contribution in [0, 0.1) is 5.41 Å². The Balaban J connectivity index is 1.86. The molecule has 4 N–H and O–H groups in total. The Bertz CT molecular complexity index is 330. The van der Waals surface area contributed by atoms with E-state index in [9.17, 15) is 4.79 Å². The minimum atomic E-state index is -0.269. The number of hydrazine groups is 1. The quantitative estimate of drug-likeness (QED) is 0.556. The van der Waals surface area contributed by atoms with E-state index in [4.69, 9.17) is 5.73 Å². The predicted octanol–water partition coefficient (Wildman–Crippen LogP) is 0.166. The molecule has 0 aromatic heterocycles. The predicted molar refractivity (Wildman–Crippen MR) is 51.8 cm³/mol. The van der Waals surface area contributed by atoms with Crippen molar-refractivity contribution in [2.24, 2.45) is 11.1 Å². The van der Waals surface area contributed by atoms with Gasteiger partial charge in [0.15, 0.2) is 0 Å². The van der Waals surface area contributed by atoms with E-state index in [0.29, 0.717) is 5.41 Å². The number of hydrogen-bond donors (Lipinski definition) is 3. The van der Waals surface area contributed by atoms with Crippen molar-refractivity contribution in [1.82, 2.24) is 10.9 Å². The first kappa shape index (κ1) is 8.29. The SMILES string of the molecule is NC(=O)C1NNC2=C1CCC1(CC1)C2. The molecule has 4 heteroatoms. The Kier molecular flexibility index (Phi) is 1.49. The van der Waals surface area contributed by atoms with Crippen molar-refractivity contribution in [2.45, 2.75) is 38.1 Å². The number of nitrogens with two attached hydrogens (primary N) is 1. The molecule has 1 spiro atoms. The lowest BCUT2D eigenvalue weighted by Crippen LogP contribution is -2.42. The van der Waals surface area contributed by atoms with E-state index in [1.807, 2.05) is 0 Å². The van der Waals surface area contributed by atoms with Crippen LogP contribution in [0.1, 0.15) is 32.1 Å². The summed E-state index contributed by atoms with van der Waals surface area (Å²) < 4.78 is 0. The first-order valence-electron chi connectivity index (χ1n) is 5.23. The molecule has 1 aliphatic heterocycles. The third kappa shape index (κ3) is 1.07. The first-order valence-corrected chi connectivity index (χ1v) is 5.23. The molecule has 0 bridgehead atoms. The molecule has 1 atom stereocenters. The summed E-state index contributed by atoms with van der Waals surface area (Å²) in [4.78, 5) is 11.1. The van der Waals surface area contributed by atoms with Crippen LogP contribution in [-0.2, 0) is 4.79 Å². The molecule has 3 aliphatic rings. The molecule has 4 nitrogen and oxygen atoms in total. The maximum absolute atomic E-state index is 11.1. The van der Waals surface area contributed by atoms with Crippen LogP contribution < -0.4 is 16.6 Å². The molecule has 76 valence electrons. The fourth-order valence-corrected chi connectivity index (χ4v) is 2.66. The Hall–Kier alpha value is -1.03.